The average Bonchev–Trinajstić information content (AvgIpc) is 2.14. The van der Waals surface area contributed by atoms with Gasteiger partial charge < -0.3 is 5.11 Å². The van der Waals surface area contributed by atoms with Gasteiger partial charge in [0.1, 0.15) is 0 Å². The van der Waals surface area contributed by atoms with Crippen LogP contribution in [0.4, 0.5) is 0 Å². The highest BCUT2D eigenvalue weighted by Crippen LogP contribution is 2.10. The van der Waals surface area contributed by atoms with Gasteiger partial charge in [0.15, 0.2) is 0 Å². The number of carboxylic acids is 1. The van der Waals surface area contributed by atoms with Gasteiger partial charge in [-0.2, -0.15) is 8.42 Å². The number of hydrogen-bond donors (Lipinski definition) is 2. The molecule has 0 saturated carbocycles. The molecule has 0 bridgehead atoms. The molecule has 0 aliphatic rings. The molecule has 80 valence electrons. The van der Waals surface area contributed by atoms with E-state index in [9.17, 15) is 13.2 Å². The summed E-state index contributed by atoms with van der Waals surface area (Å²) < 4.78 is 30.0. The van der Waals surface area contributed by atoms with Gasteiger partial charge in [-0.1, -0.05) is 12.1 Å². The van der Waals surface area contributed by atoms with Crippen molar-refractivity contribution in [3.8, 4) is 0 Å². The zero-order valence-corrected chi connectivity index (χ0v) is 8.31. The van der Waals surface area contributed by atoms with Crippen molar-refractivity contribution in [1.82, 2.24) is 0 Å². The Balaban J connectivity index is 2.96. The number of carbonyl (C=O) groups is 1. The monoisotopic (exact) mass is 228 g/mol. The maximum Gasteiger partial charge on any atom is 0.328 e. The third kappa shape index (κ3) is 3.53. The van der Waals surface area contributed by atoms with Crippen molar-refractivity contribution in [2.24, 2.45) is 0 Å². The molecular formula is C9H8O5S. The second-order valence-corrected chi connectivity index (χ2v) is 4.14. The lowest BCUT2D eigenvalue weighted by Crippen LogP contribution is -1.97. The maximum atomic E-state index is 10.7. The minimum atomic E-state index is -4.19. The molecule has 0 aliphatic carbocycles. The molecule has 0 heterocycles. The number of benzene rings is 1. The normalized spacial score (nSPS) is 11.8. The first-order valence-electron chi connectivity index (χ1n) is 3.88. The molecule has 0 aliphatic heterocycles. The molecule has 0 aromatic heterocycles. The lowest BCUT2D eigenvalue weighted by molar-refractivity contribution is -0.131. The zero-order valence-electron chi connectivity index (χ0n) is 7.49. The zero-order chi connectivity index (χ0) is 11.5. The van der Waals surface area contributed by atoms with Crippen LogP contribution in [0.1, 0.15) is 5.56 Å². The predicted molar refractivity (Wildman–Crippen MR) is 52.9 cm³/mol. The summed E-state index contributed by atoms with van der Waals surface area (Å²) in [5.74, 6) is -1.09. The molecule has 0 fully saturated rings. The van der Waals surface area contributed by atoms with Gasteiger partial charge in [-0.3, -0.25) is 4.55 Å². The minimum absolute atomic E-state index is 0.227. The van der Waals surface area contributed by atoms with E-state index in [1.54, 1.807) is 0 Å². The minimum Gasteiger partial charge on any atom is -0.478 e. The Labute approximate surface area is 86.4 Å². The Morgan fingerprint density at radius 2 is 1.73 bits per heavy atom. The van der Waals surface area contributed by atoms with Gasteiger partial charge in [-0.25, -0.2) is 4.79 Å². The molecule has 15 heavy (non-hydrogen) atoms. The van der Waals surface area contributed by atoms with Gasteiger partial charge in [0.05, 0.1) is 4.90 Å². The van der Waals surface area contributed by atoms with E-state index in [0.717, 1.165) is 6.08 Å². The molecule has 2 N–H and O–H groups in total. The maximum absolute atomic E-state index is 10.7. The van der Waals surface area contributed by atoms with Gasteiger partial charge in [0.25, 0.3) is 10.1 Å². The standard InChI is InChI=1S/C9H8O5S/c10-9(11)6-3-7-1-4-8(5-2-7)15(12,13)14/h1-6H,(H,10,11)(H,12,13,14). The van der Waals surface area contributed by atoms with Crippen molar-refractivity contribution in [2.75, 3.05) is 0 Å². The second-order valence-electron chi connectivity index (χ2n) is 2.72. The lowest BCUT2D eigenvalue weighted by atomic mass is 10.2. The van der Waals surface area contributed by atoms with E-state index in [4.69, 9.17) is 9.66 Å². The highest BCUT2D eigenvalue weighted by Gasteiger charge is 2.07. The highest BCUT2D eigenvalue weighted by molar-refractivity contribution is 7.85. The number of hydrogen-bond acceptors (Lipinski definition) is 3. The summed E-state index contributed by atoms with van der Waals surface area (Å²) in [4.78, 5) is 9.95. The van der Waals surface area contributed by atoms with Crippen molar-refractivity contribution < 1.29 is 22.9 Å². The van der Waals surface area contributed by atoms with Gasteiger partial charge in [-0.15, -0.1) is 0 Å². The summed E-state index contributed by atoms with van der Waals surface area (Å²) in [5, 5.41) is 8.34. The van der Waals surface area contributed by atoms with Crippen LogP contribution in [-0.2, 0) is 14.9 Å². The Morgan fingerprint density at radius 3 is 2.13 bits per heavy atom. The molecule has 1 aromatic rings. The van der Waals surface area contributed by atoms with Gasteiger partial charge in [0, 0.05) is 6.08 Å². The largest absolute Gasteiger partial charge is 0.478 e. The van der Waals surface area contributed by atoms with Gasteiger partial charge >= 0.3 is 5.97 Å². The Bertz CT molecular complexity index is 484. The van der Waals surface area contributed by atoms with Gasteiger partial charge in [0.2, 0.25) is 0 Å². The molecule has 1 aromatic carbocycles. The van der Waals surface area contributed by atoms with Crippen molar-refractivity contribution >= 4 is 22.2 Å². The third-order valence-corrected chi connectivity index (χ3v) is 2.46. The van der Waals surface area contributed by atoms with E-state index in [0.29, 0.717) is 5.56 Å². The summed E-state index contributed by atoms with van der Waals surface area (Å²) in [6.07, 6.45) is 2.25. The molecule has 1 rings (SSSR count). The molecule has 6 heteroatoms. The van der Waals surface area contributed by atoms with E-state index < -0.39 is 16.1 Å². The van der Waals surface area contributed by atoms with Crippen molar-refractivity contribution in [2.45, 2.75) is 4.90 Å². The van der Waals surface area contributed by atoms with E-state index in [2.05, 4.69) is 0 Å². The molecule has 0 unspecified atom stereocenters. The van der Waals surface area contributed by atoms with Crippen LogP contribution in [0.5, 0.6) is 0 Å². The fourth-order valence-corrected chi connectivity index (χ4v) is 1.40. The van der Waals surface area contributed by atoms with Crippen LogP contribution in [0.3, 0.4) is 0 Å². The van der Waals surface area contributed by atoms with Crippen LogP contribution in [-0.4, -0.2) is 24.0 Å². The number of carboxylic acid groups (broad SMARTS) is 1. The van der Waals surface area contributed by atoms with Crippen LogP contribution in [0.2, 0.25) is 0 Å². The van der Waals surface area contributed by atoms with Gasteiger partial charge in [-0.05, 0) is 23.8 Å². The summed E-state index contributed by atoms with van der Waals surface area (Å²) in [7, 11) is -4.19. The molecule has 0 saturated heterocycles. The number of aliphatic carboxylic acids is 1. The summed E-state index contributed by atoms with van der Waals surface area (Å²) in [6.45, 7) is 0. The topological polar surface area (TPSA) is 91.7 Å². The molecule has 0 radical (unpaired) electrons. The lowest BCUT2D eigenvalue weighted by Gasteiger charge is -1.96. The Hall–Kier alpha value is -1.66. The molecular weight excluding hydrogens is 220 g/mol. The van der Waals surface area contributed by atoms with Crippen molar-refractivity contribution in [1.29, 1.82) is 0 Å². The molecule has 0 atom stereocenters. The highest BCUT2D eigenvalue weighted by atomic mass is 32.2. The number of rotatable bonds is 3. The van der Waals surface area contributed by atoms with Crippen molar-refractivity contribution in [3.05, 3.63) is 35.9 Å². The fraction of sp³-hybridized carbons (Fsp3) is 0. The molecule has 5 nitrogen and oxygen atoms in total. The smallest absolute Gasteiger partial charge is 0.328 e. The predicted octanol–water partition coefficient (Wildman–Crippen LogP) is 1.03. The third-order valence-electron chi connectivity index (χ3n) is 1.60. The average molecular weight is 228 g/mol. The first kappa shape index (κ1) is 11.4. The van der Waals surface area contributed by atoms with Crippen LogP contribution >= 0.6 is 0 Å². The molecule has 0 spiro atoms. The summed E-state index contributed by atoms with van der Waals surface area (Å²) >= 11 is 0. The Morgan fingerprint density at radius 1 is 1.20 bits per heavy atom. The van der Waals surface area contributed by atoms with E-state index in [-0.39, 0.29) is 4.90 Å². The SMILES string of the molecule is O=C(O)C=Cc1ccc(S(=O)(=O)O)cc1. The van der Waals surface area contributed by atoms with Crippen LogP contribution in [0.15, 0.2) is 35.2 Å². The van der Waals surface area contributed by atoms with E-state index in [1.165, 1.54) is 30.3 Å². The Kier molecular flexibility index (Phi) is 3.23. The van der Waals surface area contributed by atoms with E-state index >= 15 is 0 Å². The van der Waals surface area contributed by atoms with Crippen molar-refractivity contribution in [3.63, 3.8) is 0 Å². The summed E-state index contributed by atoms with van der Waals surface area (Å²) in [6, 6.07) is 5.17. The summed E-state index contributed by atoms with van der Waals surface area (Å²) in [5.41, 5.74) is 0.532. The quantitative estimate of drug-likeness (QED) is 0.595. The van der Waals surface area contributed by atoms with Crippen LogP contribution in [0, 0.1) is 0 Å². The van der Waals surface area contributed by atoms with Crippen LogP contribution < -0.4 is 0 Å². The second kappa shape index (κ2) is 4.24. The molecule has 0 amide bonds. The first-order chi connectivity index (χ1) is 6.89. The van der Waals surface area contributed by atoms with E-state index in [1.807, 2.05) is 0 Å². The first-order valence-corrected chi connectivity index (χ1v) is 5.32. The fourth-order valence-electron chi connectivity index (χ4n) is 0.918. The van der Waals surface area contributed by atoms with Crippen LogP contribution in [0.25, 0.3) is 6.08 Å².